The molecule has 2 amide bonds. The Labute approximate surface area is 118 Å². The van der Waals surface area contributed by atoms with E-state index in [2.05, 4.69) is 15.6 Å². The maximum atomic E-state index is 12.5. The summed E-state index contributed by atoms with van der Waals surface area (Å²) in [6.07, 6.45) is 3.44. The van der Waals surface area contributed by atoms with E-state index in [4.69, 9.17) is 0 Å². The Morgan fingerprint density at radius 1 is 1.45 bits per heavy atom. The molecule has 0 saturated carbocycles. The van der Waals surface area contributed by atoms with Gasteiger partial charge in [0.25, 0.3) is 5.91 Å². The van der Waals surface area contributed by atoms with Gasteiger partial charge in [0, 0.05) is 44.9 Å². The van der Waals surface area contributed by atoms with Gasteiger partial charge in [0.2, 0.25) is 5.91 Å². The molecule has 20 heavy (non-hydrogen) atoms. The normalized spacial score (nSPS) is 18.5. The van der Waals surface area contributed by atoms with Crippen molar-refractivity contribution in [3.8, 4) is 0 Å². The van der Waals surface area contributed by atoms with E-state index in [0.717, 1.165) is 19.4 Å². The lowest BCUT2D eigenvalue weighted by Crippen LogP contribution is -2.49. The number of carbonyl (C=O) groups is 2. The first kappa shape index (κ1) is 14.3. The van der Waals surface area contributed by atoms with Gasteiger partial charge in [-0.25, -0.2) is 4.98 Å². The molecule has 1 atom stereocenters. The van der Waals surface area contributed by atoms with Crippen LogP contribution >= 0.6 is 0 Å². The lowest BCUT2D eigenvalue weighted by Gasteiger charge is -2.33. The monoisotopic (exact) mass is 276 g/mol. The van der Waals surface area contributed by atoms with Gasteiger partial charge >= 0.3 is 0 Å². The van der Waals surface area contributed by atoms with Crippen molar-refractivity contribution in [1.29, 1.82) is 0 Å². The largest absolute Gasteiger partial charge is 0.373 e. The SMILES string of the molecule is CNc1cc(C(=O)N2CCCC(NC(C)=O)C2)ccn1. The van der Waals surface area contributed by atoms with Crippen LogP contribution in [-0.2, 0) is 4.79 Å². The van der Waals surface area contributed by atoms with Crippen molar-refractivity contribution < 1.29 is 9.59 Å². The molecule has 0 aliphatic carbocycles. The molecule has 0 bridgehead atoms. The van der Waals surface area contributed by atoms with E-state index in [9.17, 15) is 9.59 Å². The van der Waals surface area contributed by atoms with Crippen molar-refractivity contribution >= 4 is 17.6 Å². The summed E-state index contributed by atoms with van der Waals surface area (Å²) in [6.45, 7) is 2.80. The third kappa shape index (κ3) is 3.46. The number of hydrogen-bond donors (Lipinski definition) is 2. The fraction of sp³-hybridized carbons (Fsp3) is 0.500. The predicted octanol–water partition coefficient (Wildman–Crippen LogP) is 0.864. The molecular formula is C14H20N4O2. The number of pyridine rings is 1. The second-order valence-corrected chi connectivity index (χ2v) is 4.97. The van der Waals surface area contributed by atoms with Crippen molar-refractivity contribution in [3.63, 3.8) is 0 Å². The number of hydrogen-bond acceptors (Lipinski definition) is 4. The van der Waals surface area contributed by atoms with E-state index in [1.165, 1.54) is 6.92 Å². The quantitative estimate of drug-likeness (QED) is 0.859. The van der Waals surface area contributed by atoms with Gasteiger partial charge in [-0.05, 0) is 25.0 Å². The summed E-state index contributed by atoms with van der Waals surface area (Å²) in [5.74, 6) is 0.607. The van der Waals surface area contributed by atoms with Gasteiger partial charge in [-0.15, -0.1) is 0 Å². The summed E-state index contributed by atoms with van der Waals surface area (Å²) >= 11 is 0. The Balaban J connectivity index is 2.06. The van der Waals surface area contributed by atoms with Crippen molar-refractivity contribution in [1.82, 2.24) is 15.2 Å². The molecule has 1 saturated heterocycles. The van der Waals surface area contributed by atoms with E-state index < -0.39 is 0 Å². The zero-order valence-corrected chi connectivity index (χ0v) is 11.8. The molecule has 1 aliphatic heterocycles. The van der Waals surface area contributed by atoms with Crippen LogP contribution in [0.4, 0.5) is 5.82 Å². The van der Waals surface area contributed by atoms with Crippen LogP contribution in [0.15, 0.2) is 18.3 Å². The van der Waals surface area contributed by atoms with Gasteiger partial charge in [0.15, 0.2) is 0 Å². The van der Waals surface area contributed by atoms with Crippen molar-refractivity contribution in [2.45, 2.75) is 25.8 Å². The maximum absolute atomic E-state index is 12.5. The Morgan fingerprint density at radius 3 is 2.95 bits per heavy atom. The van der Waals surface area contributed by atoms with E-state index >= 15 is 0 Å². The number of rotatable bonds is 3. The molecule has 2 N–H and O–H groups in total. The van der Waals surface area contributed by atoms with Crippen LogP contribution in [-0.4, -0.2) is 47.9 Å². The van der Waals surface area contributed by atoms with E-state index in [0.29, 0.717) is 17.9 Å². The van der Waals surface area contributed by atoms with Crippen LogP contribution in [0.3, 0.4) is 0 Å². The highest BCUT2D eigenvalue weighted by atomic mass is 16.2. The number of likely N-dealkylation sites (tertiary alicyclic amines) is 1. The molecule has 0 radical (unpaired) electrons. The number of nitrogens with one attached hydrogen (secondary N) is 2. The Morgan fingerprint density at radius 2 is 2.25 bits per heavy atom. The summed E-state index contributed by atoms with van der Waals surface area (Å²) in [6, 6.07) is 3.51. The molecule has 108 valence electrons. The first-order valence-electron chi connectivity index (χ1n) is 6.80. The average molecular weight is 276 g/mol. The van der Waals surface area contributed by atoms with Crippen LogP contribution in [0, 0.1) is 0 Å². The van der Waals surface area contributed by atoms with E-state index in [1.807, 2.05) is 0 Å². The molecular weight excluding hydrogens is 256 g/mol. The minimum atomic E-state index is -0.0503. The molecule has 2 rings (SSSR count). The molecule has 0 spiro atoms. The molecule has 1 aliphatic rings. The summed E-state index contributed by atoms with van der Waals surface area (Å²) in [4.78, 5) is 29.5. The summed E-state index contributed by atoms with van der Waals surface area (Å²) in [5, 5.41) is 5.80. The number of carbonyl (C=O) groups excluding carboxylic acids is 2. The van der Waals surface area contributed by atoms with Crippen LogP contribution < -0.4 is 10.6 Å². The predicted molar refractivity (Wildman–Crippen MR) is 76.5 cm³/mol. The molecule has 1 fully saturated rings. The molecule has 0 aromatic carbocycles. The fourth-order valence-electron chi connectivity index (χ4n) is 2.45. The third-order valence-electron chi connectivity index (χ3n) is 3.38. The molecule has 2 heterocycles. The first-order chi connectivity index (χ1) is 9.60. The van der Waals surface area contributed by atoms with Gasteiger partial charge in [0.1, 0.15) is 5.82 Å². The topological polar surface area (TPSA) is 74.3 Å². The highest BCUT2D eigenvalue weighted by Gasteiger charge is 2.25. The molecule has 1 aromatic rings. The second kappa shape index (κ2) is 6.36. The lowest BCUT2D eigenvalue weighted by atomic mass is 10.0. The third-order valence-corrected chi connectivity index (χ3v) is 3.38. The van der Waals surface area contributed by atoms with Crippen LogP contribution in [0.5, 0.6) is 0 Å². The van der Waals surface area contributed by atoms with Gasteiger partial charge in [-0.3, -0.25) is 9.59 Å². The van der Waals surface area contributed by atoms with E-state index in [-0.39, 0.29) is 17.9 Å². The van der Waals surface area contributed by atoms with Crippen molar-refractivity contribution in [2.75, 3.05) is 25.5 Å². The number of anilines is 1. The fourth-order valence-corrected chi connectivity index (χ4v) is 2.45. The lowest BCUT2D eigenvalue weighted by molar-refractivity contribution is -0.120. The molecule has 1 aromatic heterocycles. The number of piperidine rings is 1. The number of aromatic nitrogens is 1. The zero-order valence-electron chi connectivity index (χ0n) is 11.8. The second-order valence-electron chi connectivity index (χ2n) is 4.97. The minimum absolute atomic E-state index is 0.0149. The van der Waals surface area contributed by atoms with Gasteiger partial charge < -0.3 is 15.5 Å². The Bertz CT molecular complexity index is 504. The summed E-state index contributed by atoms with van der Waals surface area (Å²) in [7, 11) is 1.77. The number of amides is 2. The minimum Gasteiger partial charge on any atom is -0.373 e. The van der Waals surface area contributed by atoms with Crippen molar-refractivity contribution in [2.24, 2.45) is 0 Å². The van der Waals surface area contributed by atoms with Crippen LogP contribution in [0.25, 0.3) is 0 Å². The van der Waals surface area contributed by atoms with E-state index in [1.54, 1.807) is 30.3 Å². The summed E-state index contributed by atoms with van der Waals surface area (Å²) in [5.41, 5.74) is 0.618. The van der Waals surface area contributed by atoms with Crippen molar-refractivity contribution in [3.05, 3.63) is 23.9 Å². The molecule has 1 unspecified atom stereocenters. The van der Waals surface area contributed by atoms with Gasteiger partial charge in [-0.1, -0.05) is 0 Å². The Kier molecular flexibility index (Phi) is 4.55. The number of nitrogens with zero attached hydrogens (tertiary/aromatic N) is 2. The van der Waals surface area contributed by atoms with Gasteiger partial charge in [0.05, 0.1) is 0 Å². The summed E-state index contributed by atoms with van der Waals surface area (Å²) < 4.78 is 0. The van der Waals surface area contributed by atoms with Crippen LogP contribution in [0.2, 0.25) is 0 Å². The highest BCUT2D eigenvalue weighted by molar-refractivity contribution is 5.95. The average Bonchev–Trinajstić information content (AvgIpc) is 2.46. The smallest absolute Gasteiger partial charge is 0.254 e. The molecule has 6 nitrogen and oxygen atoms in total. The first-order valence-corrected chi connectivity index (χ1v) is 6.80. The highest BCUT2D eigenvalue weighted by Crippen LogP contribution is 2.15. The van der Waals surface area contributed by atoms with Gasteiger partial charge in [-0.2, -0.15) is 0 Å². The standard InChI is InChI=1S/C14H20N4O2/c1-10(19)17-12-4-3-7-18(9-12)14(20)11-5-6-16-13(8-11)15-2/h5-6,8,12H,3-4,7,9H2,1-2H3,(H,15,16)(H,17,19). The Hall–Kier alpha value is -2.11. The maximum Gasteiger partial charge on any atom is 0.254 e. The zero-order chi connectivity index (χ0) is 14.5. The molecule has 6 heteroatoms. The van der Waals surface area contributed by atoms with Crippen LogP contribution in [0.1, 0.15) is 30.1 Å².